The van der Waals surface area contributed by atoms with Gasteiger partial charge in [-0.3, -0.25) is 4.90 Å². The average molecular weight is 437 g/mol. The van der Waals surface area contributed by atoms with Crippen LogP contribution in [-0.2, 0) is 22.6 Å². The summed E-state index contributed by atoms with van der Waals surface area (Å²) >= 11 is 0. The van der Waals surface area contributed by atoms with Crippen LogP contribution in [0.2, 0.25) is 0 Å². The van der Waals surface area contributed by atoms with Crippen molar-refractivity contribution in [1.82, 2.24) is 4.90 Å². The maximum atomic E-state index is 13.3. The minimum atomic E-state index is -1.18. The maximum Gasteiger partial charge on any atom is 0.410 e. The number of rotatable bonds is 8. The molecule has 0 aromatic heterocycles. The molecule has 1 aliphatic heterocycles. The number of amides is 1. The molecule has 4 atom stereocenters. The van der Waals surface area contributed by atoms with Crippen molar-refractivity contribution in [2.75, 3.05) is 0 Å². The highest BCUT2D eigenvalue weighted by atomic mass is 16.6. The van der Waals surface area contributed by atoms with Crippen LogP contribution in [-0.4, -0.2) is 40.6 Å². The third-order valence-corrected chi connectivity index (χ3v) is 6.07. The molecule has 32 heavy (non-hydrogen) atoms. The fraction of sp³-hybridized carbons (Fsp3) is 0.458. The minimum absolute atomic E-state index is 0.190. The summed E-state index contributed by atoms with van der Waals surface area (Å²) in [4.78, 5) is 17.9. The van der Waals surface area contributed by atoms with Gasteiger partial charge in [-0.2, -0.15) is 0 Å². The Morgan fingerprint density at radius 2 is 1.75 bits per heavy atom. The van der Waals surface area contributed by atoms with E-state index >= 15 is 0 Å². The van der Waals surface area contributed by atoms with E-state index < -0.39 is 18.4 Å². The van der Waals surface area contributed by atoms with Gasteiger partial charge in [-0.05, 0) is 48.3 Å². The number of azide groups is 1. The first-order valence-corrected chi connectivity index (χ1v) is 11.0. The number of carbonyl (C=O) groups is 1. The second-order valence-electron chi connectivity index (χ2n) is 8.40. The molecule has 168 valence electrons. The lowest BCUT2D eigenvalue weighted by atomic mass is 9.94. The molecule has 2 aromatic carbocycles. The molecule has 2 aromatic rings. The van der Waals surface area contributed by atoms with E-state index in [9.17, 15) is 9.90 Å². The van der Waals surface area contributed by atoms with Crippen molar-refractivity contribution >= 4 is 6.09 Å². The number of ether oxygens (including phenoxy) is 2. The Bertz CT molecular complexity index is 932. The van der Waals surface area contributed by atoms with Crippen LogP contribution < -0.4 is 0 Å². The lowest BCUT2D eigenvalue weighted by Gasteiger charge is -2.41. The van der Waals surface area contributed by atoms with Gasteiger partial charge in [0.1, 0.15) is 6.61 Å². The number of carbonyl (C=O) groups excluding carboxylic acids is 1. The van der Waals surface area contributed by atoms with E-state index in [1.54, 1.807) is 4.90 Å². The summed E-state index contributed by atoms with van der Waals surface area (Å²) in [6, 6.07) is 18.6. The van der Waals surface area contributed by atoms with Gasteiger partial charge in [0.2, 0.25) is 0 Å². The molecule has 8 nitrogen and oxygen atoms in total. The first-order chi connectivity index (χ1) is 15.7. The predicted octanol–water partition coefficient (Wildman–Crippen LogP) is 4.78. The molecule has 1 amide bonds. The molecule has 1 heterocycles. The summed E-state index contributed by atoms with van der Waals surface area (Å²) < 4.78 is 11.6. The summed E-state index contributed by atoms with van der Waals surface area (Å²) in [5.74, 6) is 0.288. The molecule has 0 spiro atoms. The van der Waals surface area contributed by atoms with Gasteiger partial charge in [-0.15, -0.1) is 0 Å². The zero-order valence-electron chi connectivity index (χ0n) is 17.9. The van der Waals surface area contributed by atoms with E-state index in [-0.39, 0.29) is 24.7 Å². The van der Waals surface area contributed by atoms with Crippen LogP contribution in [0, 0.1) is 5.92 Å². The van der Waals surface area contributed by atoms with Crippen molar-refractivity contribution in [3.63, 3.8) is 0 Å². The zero-order valence-corrected chi connectivity index (χ0v) is 17.9. The van der Waals surface area contributed by atoms with E-state index in [0.29, 0.717) is 19.4 Å². The molecule has 1 saturated carbocycles. The second kappa shape index (κ2) is 10.5. The van der Waals surface area contributed by atoms with E-state index in [1.807, 2.05) is 60.7 Å². The largest absolute Gasteiger partial charge is 0.445 e. The number of nitrogens with zero attached hydrogens (tertiary/aromatic N) is 4. The van der Waals surface area contributed by atoms with Crippen molar-refractivity contribution in [2.24, 2.45) is 11.0 Å². The van der Waals surface area contributed by atoms with Gasteiger partial charge in [0, 0.05) is 11.5 Å². The van der Waals surface area contributed by atoms with Crippen molar-refractivity contribution < 1.29 is 19.4 Å². The molecule has 0 unspecified atom stereocenters. The van der Waals surface area contributed by atoms with Gasteiger partial charge in [0.15, 0.2) is 6.29 Å². The van der Waals surface area contributed by atoms with Crippen LogP contribution in [0.4, 0.5) is 4.79 Å². The molecule has 2 fully saturated rings. The molecule has 1 aliphatic carbocycles. The van der Waals surface area contributed by atoms with Gasteiger partial charge < -0.3 is 14.6 Å². The van der Waals surface area contributed by atoms with Crippen LogP contribution in [0.15, 0.2) is 65.8 Å². The van der Waals surface area contributed by atoms with E-state index in [2.05, 4.69) is 10.0 Å². The van der Waals surface area contributed by atoms with Gasteiger partial charge in [0.05, 0.1) is 18.2 Å². The SMILES string of the molecule is [N-]=[N+]=N[C@H]1CC[C@@H]([C@H](C2CC2)N(Cc2ccccc2)C(=O)OCc2ccccc2)O[C@@H]1O. The molecule has 0 bridgehead atoms. The Morgan fingerprint density at radius 3 is 2.34 bits per heavy atom. The lowest BCUT2D eigenvalue weighted by molar-refractivity contribution is -0.190. The molecule has 1 N–H and O–H groups in total. The Hall–Kier alpha value is -3.06. The van der Waals surface area contributed by atoms with Crippen molar-refractivity contribution in [3.8, 4) is 0 Å². The Morgan fingerprint density at radius 1 is 1.09 bits per heavy atom. The average Bonchev–Trinajstić information content (AvgIpc) is 3.65. The summed E-state index contributed by atoms with van der Waals surface area (Å²) in [6.45, 7) is 0.584. The molecule has 8 heteroatoms. The molecular formula is C24H28N4O4. The van der Waals surface area contributed by atoms with Crippen LogP contribution in [0.1, 0.15) is 36.8 Å². The normalized spacial score (nSPS) is 23.6. The van der Waals surface area contributed by atoms with Crippen LogP contribution in [0.25, 0.3) is 10.4 Å². The number of hydrogen-bond acceptors (Lipinski definition) is 5. The lowest BCUT2D eigenvalue weighted by Crippen LogP contribution is -2.53. The van der Waals surface area contributed by atoms with Crippen LogP contribution >= 0.6 is 0 Å². The number of aliphatic hydroxyl groups is 1. The smallest absolute Gasteiger partial charge is 0.410 e. The second-order valence-corrected chi connectivity index (χ2v) is 8.40. The highest BCUT2D eigenvalue weighted by Crippen LogP contribution is 2.41. The first kappa shape index (κ1) is 22.1. The van der Waals surface area contributed by atoms with E-state index in [0.717, 1.165) is 24.0 Å². The van der Waals surface area contributed by atoms with Gasteiger partial charge in [-0.25, -0.2) is 4.79 Å². The Balaban J connectivity index is 1.53. The highest BCUT2D eigenvalue weighted by molar-refractivity contribution is 5.68. The number of hydrogen-bond donors (Lipinski definition) is 1. The standard InChI is InChI=1S/C24H28N4O4/c25-27-26-20-13-14-21(32-23(20)29)22(19-11-12-19)28(15-17-7-3-1-4-8-17)24(30)31-16-18-9-5-2-6-10-18/h1-10,19-23,29H,11-16H2/t20-,21-,22-,23-/m0/s1. The van der Waals surface area contributed by atoms with Gasteiger partial charge in [0.25, 0.3) is 0 Å². The summed E-state index contributed by atoms with van der Waals surface area (Å²) in [5, 5.41) is 14.0. The van der Waals surface area contributed by atoms with Gasteiger partial charge in [-0.1, -0.05) is 65.8 Å². The van der Waals surface area contributed by atoms with Crippen LogP contribution in [0.3, 0.4) is 0 Å². The summed E-state index contributed by atoms with van der Waals surface area (Å²) in [6.07, 6.45) is 1.18. The summed E-state index contributed by atoms with van der Waals surface area (Å²) in [7, 11) is 0. The quantitative estimate of drug-likeness (QED) is 0.365. The maximum absolute atomic E-state index is 13.3. The third kappa shape index (κ3) is 5.59. The number of benzene rings is 2. The Labute approximate surface area is 187 Å². The van der Waals surface area contributed by atoms with E-state index in [1.165, 1.54) is 0 Å². The van der Waals surface area contributed by atoms with Crippen molar-refractivity contribution in [2.45, 2.75) is 63.3 Å². The topological polar surface area (TPSA) is 108 Å². The monoisotopic (exact) mass is 436 g/mol. The zero-order chi connectivity index (χ0) is 22.3. The molecular weight excluding hydrogens is 408 g/mol. The molecule has 4 rings (SSSR count). The third-order valence-electron chi connectivity index (χ3n) is 6.07. The Kier molecular flexibility index (Phi) is 7.27. The predicted molar refractivity (Wildman–Crippen MR) is 118 cm³/mol. The van der Waals surface area contributed by atoms with Crippen molar-refractivity contribution in [3.05, 3.63) is 82.2 Å². The van der Waals surface area contributed by atoms with E-state index in [4.69, 9.17) is 15.0 Å². The van der Waals surface area contributed by atoms with Crippen molar-refractivity contribution in [1.29, 1.82) is 0 Å². The number of aliphatic hydroxyl groups excluding tert-OH is 1. The first-order valence-electron chi connectivity index (χ1n) is 11.0. The summed E-state index contributed by atoms with van der Waals surface area (Å²) in [5.41, 5.74) is 10.6. The fourth-order valence-electron chi connectivity index (χ4n) is 4.32. The molecule has 2 aliphatic rings. The minimum Gasteiger partial charge on any atom is -0.445 e. The molecule has 1 saturated heterocycles. The molecule has 0 radical (unpaired) electrons. The fourth-order valence-corrected chi connectivity index (χ4v) is 4.32. The highest BCUT2D eigenvalue weighted by Gasteiger charge is 2.46. The van der Waals surface area contributed by atoms with Gasteiger partial charge >= 0.3 is 6.09 Å². The van der Waals surface area contributed by atoms with Crippen LogP contribution in [0.5, 0.6) is 0 Å².